The van der Waals surface area contributed by atoms with Crippen molar-refractivity contribution in [3.05, 3.63) is 83.8 Å². The van der Waals surface area contributed by atoms with Crippen LogP contribution < -0.4 is 9.47 Å². The number of hydrogen-bond donors (Lipinski definition) is 0. The van der Waals surface area contributed by atoms with Gasteiger partial charge in [0.2, 0.25) is 23.3 Å². The topological polar surface area (TPSA) is 117 Å². The molecule has 5 rings (SSSR count). The van der Waals surface area contributed by atoms with E-state index in [2.05, 4.69) is 16.0 Å². The summed E-state index contributed by atoms with van der Waals surface area (Å²) in [7, 11) is -3.55. The molecule has 0 radical (unpaired) electrons. The van der Waals surface area contributed by atoms with Crippen LogP contribution in [0.4, 0.5) is 4.39 Å². The van der Waals surface area contributed by atoms with Crippen molar-refractivity contribution in [1.82, 2.24) is 14.9 Å². The van der Waals surface area contributed by atoms with E-state index >= 15 is 0 Å². The maximum atomic E-state index is 14.5. The number of ketones is 1. The molecule has 10 nitrogen and oxygen atoms in total. The molecule has 1 aromatic carbocycles. The first-order valence-electron chi connectivity index (χ1n) is 13.2. The Bertz CT molecular complexity index is 1560. The van der Waals surface area contributed by atoms with Gasteiger partial charge in [0.05, 0.1) is 17.0 Å². The Hall–Kier alpha value is -4.03. The zero-order valence-corrected chi connectivity index (χ0v) is 23.5. The fourth-order valence-electron chi connectivity index (χ4n) is 4.56. The molecule has 2 aliphatic heterocycles. The molecule has 41 heavy (non-hydrogen) atoms. The van der Waals surface area contributed by atoms with E-state index in [1.54, 1.807) is 6.92 Å². The number of halogens is 1. The molecule has 2 aromatic rings. The molecule has 0 saturated carbocycles. The SMILES string of the molecule is Cc1c(Oc2ccc(S(C)(=O)=O)cc2F)ncnc1OC1CCN(CC(=O)C2=COC=C(C3=CC=CCC3)O2)CC1. The number of sulfone groups is 1. The number of nitrogens with zero attached hydrogens (tertiary/aromatic N) is 3. The normalized spacial score (nSPS) is 18.0. The summed E-state index contributed by atoms with van der Waals surface area (Å²) in [5, 5.41) is 0. The number of rotatable bonds is 9. The van der Waals surface area contributed by atoms with Crippen molar-refractivity contribution < 1.29 is 36.6 Å². The van der Waals surface area contributed by atoms with Gasteiger partial charge in [0.1, 0.15) is 25.0 Å². The zero-order chi connectivity index (χ0) is 29.0. The molecule has 216 valence electrons. The summed E-state index contributed by atoms with van der Waals surface area (Å²) in [4.78, 5) is 23.1. The Labute approximate surface area is 237 Å². The molecule has 12 heteroatoms. The second-order valence-corrected chi connectivity index (χ2v) is 12.0. The third kappa shape index (κ3) is 7.01. The van der Waals surface area contributed by atoms with Crippen molar-refractivity contribution in [3.8, 4) is 17.5 Å². The summed E-state index contributed by atoms with van der Waals surface area (Å²) >= 11 is 0. The van der Waals surface area contributed by atoms with Crippen LogP contribution in [0.25, 0.3) is 0 Å². The third-order valence-corrected chi connectivity index (χ3v) is 8.00. The lowest BCUT2D eigenvalue weighted by Gasteiger charge is -2.31. The van der Waals surface area contributed by atoms with Crippen molar-refractivity contribution in [2.75, 3.05) is 25.9 Å². The molecule has 1 aromatic heterocycles. The fraction of sp³-hybridized carbons (Fsp3) is 0.345. The summed E-state index contributed by atoms with van der Waals surface area (Å²) in [6.07, 6.45) is 14.0. The van der Waals surface area contributed by atoms with Crippen LogP contribution in [0, 0.1) is 12.7 Å². The predicted molar refractivity (Wildman–Crippen MR) is 146 cm³/mol. The second-order valence-electron chi connectivity index (χ2n) is 9.95. The number of likely N-dealkylation sites (tertiary alicyclic amines) is 1. The molecule has 3 heterocycles. The van der Waals surface area contributed by atoms with E-state index in [4.69, 9.17) is 18.9 Å². The molecule has 1 fully saturated rings. The van der Waals surface area contributed by atoms with E-state index in [1.807, 2.05) is 17.1 Å². The third-order valence-electron chi connectivity index (χ3n) is 6.89. The molecular weight excluding hydrogens is 553 g/mol. The Morgan fingerprint density at radius 1 is 1.17 bits per heavy atom. The van der Waals surface area contributed by atoms with Gasteiger partial charge in [-0.05, 0) is 56.4 Å². The number of ether oxygens (including phenoxy) is 4. The van der Waals surface area contributed by atoms with Crippen molar-refractivity contribution >= 4 is 15.6 Å². The summed E-state index contributed by atoms with van der Waals surface area (Å²) < 4.78 is 60.8. The Kier molecular flexibility index (Phi) is 8.50. The van der Waals surface area contributed by atoms with Crippen LogP contribution in [0.2, 0.25) is 0 Å². The number of carbonyl (C=O) groups excluding carboxylic acids is 1. The Morgan fingerprint density at radius 3 is 2.66 bits per heavy atom. The lowest BCUT2D eigenvalue weighted by Crippen LogP contribution is -2.41. The van der Waals surface area contributed by atoms with Crippen molar-refractivity contribution in [2.24, 2.45) is 0 Å². The van der Waals surface area contributed by atoms with Crippen LogP contribution in [0.5, 0.6) is 17.5 Å². The van der Waals surface area contributed by atoms with Crippen LogP contribution in [-0.2, 0) is 24.1 Å². The maximum Gasteiger partial charge on any atom is 0.229 e. The summed E-state index contributed by atoms with van der Waals surface area (Å²) in [6, 6.07) is 3.42. The van der Waals surface area contributed by atoms with Crippen LogP contribution in [0.15, 0.2) is 77.3 Å². The monoisotopic (exact) mass is 583 g/mol. The first-order chi connectivity index (χ1) is 19.7. The Morgan fingerprint density at radius 2 is 1.95 bits per heavy atom. The van der Waals surface area contributed by atoms with E-state index in [0.717, 1.165) is 30.7 Å². The van der Waals surface area contributed by atoms with E-state index in [0.29, 0.717) is 43.1 Å². The molecule has 0 atom stereocenters. The van der Waals surface area contributed by atoms with E-state index < -0.39 is 15.7 Å². The van der Waals surface area contributed by atoms with E-state index in [-0.39, 0.29) is 40.7 Å². The van der Waals surface area contributed by atoms with Gasteiger partial charge in [0.15, 0.2) is 27.2 Å². The first-order valence-corrected chi connectivity index (χ1v) is 15.1. The number of allylic oxidation sites excluding steroid dienone is 4. The molecule has 1 aliphatic carbocycles. The minimum Gasteiger partial charge on any atom is -0.474 e. The number of hydrogen-bond acceptors (Lipinski definition) is 10. The highest BCUT2D eigenvalue weighted by molar-refractivity contribution is 7.90. The fourth-order valence-corrected chi connectivity index (χ4v) is 5.19. The van der Waals surface area contributed by atoms with Crippen LogP contribution in [0.3, 0.4) is 0 Å². The van der Waals surface area contributed by atoms with Gasteiger partial charge in [-0.2, -0.15) is 0 Å². The lowest BCUT2D eigenvalue weighted by atomic mass is 10.0. The van der Waals surface area contributed by atoms with Crippen molar-refractivity contribution in [3.63, 3.8) is 0 Å². The highest BCUT2D eigenvalue weighted by atomic mass is 32.2. The molecule has 0 bridgehead atoms. The zero-order valence-electron chi connectivity index (χ0n) is 22.7. The van der Waals surface area contributed by atoms with E-state index in [1.165, 1.54) is 31.0 Å². The average Bonchev–Trinajstić information content (AvgIpc) is 2.97. The number of piperidine rings is 1. The molecule has 1 saturated heterocycles. The van der Waals surface area contributed by atoms with Gasteiger partial charge in [-0.15, -0.1) is 0 Å². The molecule has 0 N–H and O–H groups in total. The molecule has 0 unspecified atom stereocenters. The van der Waals surface area contributed by atoms with Crippen molar-refractivity contribution in [1.29, 1.82) is 0 Å². The van der Waals surface area contributed by atoms with Crippen LogP contribution in [-0.4, -0.2) is 61.1 Å². The van der Waals surface area contributed by atoms with Gasteiger partial charge < -0.3 is 18.9 Å². The quantitative estimate of drug-likeness (QED) is 0.417. The number of benzene rings is 1. The molecule has 0 spiro atoms. The largest absolute Gasteiger partial charge is 0.474 e. The number of aromatic nitrogens is 2. The van der Waals surface area contributed by atoms with Crippen molar-refractivity contribution in [2.45, 2.75) is 43.6 Å². The second kappa shape index (κ2) is 12.2. The summed E-state index contributed by atoms with van der Waals surface area (Å²) in [5.41, 5.74) is 1.47. The number of carbonyl (C=O) groups is 1. The van der Waals surface area contributed by atoms with Gasteiger partial charge >= 0.3 is 0 Å². The van der Waals surface area contributed by atoms with Gasteiger partial charge in [0, 0.05) is 19.3 Å². The highest BCUT2D eigenvalue weighted by Crippen LogP contribution is 2.31. The lowest BCUT2D eigenvalue weighted by molar-refractivity contribution is -0.120. The summed E-state index contributed by atoms with van der Waals surface area (Å²) in [5.74, 6) is -0.00553. The van der Waals surface area contributed by atoms with Gasteiger partial charge in [-0.1, -0.05) is 18.2 Å². The molecule has 0 amide bonds. The van der Waals surface area contributed by atoms with E-state index in [9.17, 15) is 17.6 Å². The standard InChI is InChI=1S/C29H30FN3O7S/c1-19-28(31-18-32-29(19)40-25-9-8-22(14-23(25)30)41(2,35)36)38-21-10-12-33(13-11-21)15-24(34)27-17-37-16-26(39-27)20-6-4-3-5-7-20/h3-4,6,8-9,14,16-18,21H,5,7,10-13,15H2,1-2H3. The average molecular weight is 584 g/mol. The number of Topliss-reactive ketones (excluding diaryl/α,β-unsaturated/α-hetero) is 1. The van der Waals surface area contributed by atoms with Crippen LogP contribution >= 0.6 is 0 Å². The smallest absolute Gasteiger partial charge is 0.229 e. The van der Waals surface area contributed by atoms with Gasteiger partial charge in [-0.25, -0.2) is 22.8 Å². The highest BCUT2D eigenvalue weighted by Gasteiger charge is 2.27. The Balaban J connectivity index is 1.14. The maximum absolute atomic E-state index is 14.5. The summed E-state index contributed by atoms with van der Waals surface area (Å²) in [6.45, 7) is 3.16. The minimum atomic E-state index is -3.55. The molecule has 3 aliphatic rings. The first kappa shape index (κ1) is 28.5. The van der Waals surface area contributed by atoms with Gasteiger partial charge in [-0.3, -0.25) is 9.69 Å². The molecular formula is C29H30FN3O7S. The van der Waals surface area contributed by atoms with Gasteiger partial charge in [0.25, 0.3) is 0 Å². The minimum absolute atomic E-state index is 0.0976. The van der Waals surface area contributed by atoms with Crippen LogP contribution in [0.1, 0.15) is 31.2 Å². The predicted octanol–water partition coefficient (Wildman–Crippen LogP) is 4.54.